The molecular weight excluding hydrogens is 434 g/mol. The molecule has 6 nitrogen and oxygen atoms in total. The Labute approximate surface area is 199 Å². The zero-order valence-corrected chi connectivity index (χ0v) is 20.9. The lowest BCUT2D eigenvalue weighted by Gasteiger charge is -2.33. The molecule has 3 rings (SSSR count). The van der Waals surface area contributed by atoms with Gasteiger partial charge in [-0.25, -0.2) is 8.42 Å². The van der Waals surface area contributed by atoms with Gasteiger partial charge in [-0.05, 0) is 57.0 Å². The Morgan fingerprint density at radius 3 is 2.21 bits per heavy atom. The van der Waals surface area contributed by atoms with Crippen LogP contribution in [0.3, 0.4) is 0 Å². The van der Waals surface area contributed by atoms with Gasteiger partial charge in [-0.1, -0.05) is 61.9 Å². The number of likely N-dealkylation sites (N-methyl/N-ethyl adjacent to an activating group) is 1. The van der Waals surface area contributed by atoms with Gasteiger partial charge in [0.15, 0.2) is 0 Å². The van der Waals surface area contributed by atoms with Crippen LogP contribution in [0.4, 0.5) is 0 Å². The number of hydrogen-bond donors (Lipinski definition) is 1. The number of nitrogens with one attached hydrogen (secondary N) is 1. The molecule has 1 saturated heterocycles. The van der Waals surface area contributed by atoms with Gasteiger partial charge < -0.3 is 5.32 Å². The molecule has 0 aromatic heterocycles. The van der Waals surface area contributed by atoms with Crippen molar-refractivity contribution in [2.24, 2.45) is 5.92 Å². The average molecular weight is 472 g/mol. The van der Waals surface area contributed by atoms with Crippen LogP contribution in [0, 0.1) is 12.8 Å². The molecule has 0 saturated carbocycles. The van der Waals surface area contributed by atoms with Crippen molar-refractivity contribution in [2.75, 3.05) is 32.7 Å². The molecule has 0 bridgehead atoms. The molecule has 1 heterocycles. The number of benzene rings is 2. The number of sulfonamides is 1. The van der Waals surface area contributed by atoms with E-state index in [4.69, 9.17) is 0 Å². The fraction of sp³-hybridized carbons (Fsp3) is 0.500. The number of piperidine rings is 1. The van der Waals surface area contributed by atoms with E-state index >= 15 is 0 Å². The van der Waals surface area contributed by atoms with Gasteiger partial charge >= 0.3 is 0 Å². The first-order chi connectivity index (χ1) is 15.8. The Kier molecular flexibility index (Phi) is 9.06. The van der Waals surface area contributed by atoms with Crippen molar-refractivity contribution in [3.05, 3.63) is 65.7 Å². The second-order valence-electron chi connectivity index (χ2n) is 8.80. The Morgan fingerprint density at radius 1 is 1.03 bits per heavy atom. The summed E-state index contributed by atoms with van der Waals surface area (Å²) >= 11 is 0. The summed E-state index contributed by atoms with van der Waals surface area (Å²) in [7, 11) is -3.51. The Hall–Kier alpha value is -2.22. The maximum absolute atomic E-state index is 12.9. The molecule has 2 aromatic rings. The first-order valence-corrected chi connectivity index (χ1v) is 13.4. The molecule has 2 aromatic carbocycles. The zero-order valence-electron chi connectivity index (χ0n) is 20.0. The molecule has 33 heavy (non-hydrogen) atoms. The number of amides is 1. The lowest BCUT2D eigenvalue weighted by molar-refractivity contribution is -0.126. The van der Waals surface area contributed by atoms with Crippen molar-refractivity contribution in [1.82, 2.24) is 14.5 Å². The van der Waals surface area contributed by atoms with Crippen molar-refractivity contribution < 1.29 is 13.2 Å². The Balaban J connectivity index is 1.55. The lowest BCUT2D eigenvalue weighted by atomic mass is 9.97. The van der Waals surface area contributed by atoms with Crippen LogP contribution < -0.4 is 5.32 Å². The smallest absolute Gasteiger partial charge is 0.243 e. The number of carbonyl (C=O) groups is 1. The molecule has 1 atom stereocenters. The highest BCUT2D eigenvalue weighted by Gasteiger charge is 2.32. The van der Waals surface area contributed by atoms with E-state index in [9.17, 15) is 13.2 Å². The Bertz CT molecular complexity index is 981. The molecule has 1 N–H and O–H groups in total. The van der Waals surface area contributed by atoms with Crippen molar-refractivity contribution in [2.45, 2.75) is 51.0 Å². The predicted octanol–water partition coefficient (Wildman–Crippen LogP) is 3.47. The third kappa shape index (κ3) is 6.65. The summed E-state index contributed by atoms with van der Waals surface area (Å²) in [5, 5.41) is 3.16. The first kappa shape index (κ1) is 25.4. The van der Waals surface area contributed by atoms with Gasteiger partial charge in [0.1, 0.15) is 0 Å². The topological polar surface area (TPSA) is 69.7 Å². The molecule has 1 aliphatic heterocycles. The van der Waals surface area contributed by atoms with E-state index in [0.717, 1.165) is 25.1 Å². The molecule has 1 fully saturated rings. The fourth-order valence-electron chi connectivity index (χ4n) is 4.54. The number of nitrogens with zero attached hydrogens (tertiary/aromatic N) is 2. The minimum absolute atomic E-state index is 0.0348. The van der Waals surface area contributed by atoms with Gasteiger partial charge in [0, 0.05) is 31.6 Å². The van der Waals surface area contributed by atoms with Gasteiger partial charge in [-0.15, -0.1) is 0 Å². The molecule has 0 unspecified atom stereocenters. The predicted molar refractivity (Wildman–Crippen MR) is 133 cm³/mol. The van der Waals surface area contributed by atoms with Crippen LogP contribution >= 0.6 is 0 Å². The largest absolute Gasteiger partial charge is 0.354 e. The minimum Gasteiger partial charge on any atom is -0.354 e. The minimum atomic E-state index is -3.51. The van der Waals surface area contributed by atoms with Crippen LogP contribution in [0.2, 0.25) is 0 Å². The van der Waals surface area contributed by atoms with Crippen LogP contribution in [-0.4, -0.2) is 62.3 Å². The molecule has 1 aliphatic rings. The second-order valence-corrected chi connectivity index (χ2v) is 10.7. The van der Waals surface area contributed by atoms with Gasteiger partial charge in [-0.2, -0.15) is 4.31 Å². The summed E-state index contributed by atoms with van der Waals surface area (Å²) < 4.78 is 27.4. The maximum Gasteiger partial charge on any atom is 0.243 e. The normalized spacial score (nSPS) is 16.6. The molecule has 0 aliphatic carbocycles. The molecular formula is C26H37N3O3S. The van der Waals surface area contributed by atoms with Crippen molar-refractivity contribution in [1.29, 1.82) is 0 Å². The van der Waals surface area contributed by atoms with E-state index in [1.165, 1.54) is 9.87 Å². The van der Waals surface area contributed by atoms with Gasteiger partial charge in [0.05, 0.1) is 4.90 Å². The quantitative estimate of drug-likeness (QED) is 0.576. The standard InChI is InChI=1S/C26H37N3O3S/c1-4-28(5-2)24(19-22-9-7-6-8-10-22)20-27-26(30)23-15-17-29(18-16-23)33(31,32)25-13-11-21(3)12-14-25/h6-14,23-24H,4-5,15-20H2,1-3H3,(H,27,30)/t24-/m0/s1. The number of aryl methyl sites for hydroxylation is 1. The van der Waals surface area contributed by atoms with Gasteiger partial charge in [-0.3, -0.25) is 9.69 Å². The molecule has 0 radical (unpaired) electrons. The van der Waals surface area contributed by atoms with Crippen molar-refractivity contribution in [3.63, 3.8) is 0 Å². The summed E-state index contributed by atoms with van der Waals surface area (Å²) in [4.78, 5) is 15.6. The molecule has 7 heteroatoms. The van der Waals surface area contributed by atoms with Crippen molar-refractivity contribution >= 4 is 15.9 Å². The maximum atomic E-state index is 12.9. The summed E-state index contributed by atoms with van der Waals surface area (Å²) in [6.45, 7) is 9.43. The fourth-order valence-corrected chi connectivity index (χ4v) is 6.01. The van der Waals surface area contributed by atoms with E-state index in [1.807, 2.05) is 37.3 Å². The average Bonchev–Trinajstić information content (AvgIpc) is 2.84. The summed E-state index contributed by atoms with van der Waals surface area (Å²) in [5.74, 6) is -0.115. The molecule has 180 valence electrons. The van der Waals surface area contributed by atoms with Crippen LogP contribution in [-0.2, 0) is 21.2 Å². The lowest BCUT2D eigenvalue weighted by Crippen LogP contribution is -2.48. The highest BCUT2D eigenvalue weighted by molar-refractivity contribution is 7.89. The zero-order chi connectivity index (χ0) is 23.8. The third-order valence-electron chi connectivity index (χ3n) is 6.64. The van der Waals surface area contributed by atoms with E-state index < -0.39 is 10.0 Å². The molecule has 1 amide bonds. The van der Waals surface area contributed by atoms with Crippen LogP contribution in [0.15, 0.2) is 59.5 Å². The third-order valence-corrected chi connectivity index (χ3v) is 8.55. The SMILES string of the molecule is CCN(CC)[C@H](CNC(=O)C1CCN(S(=O)(=O)c2ccc(C)cc2)CC1)Cc1ccccc1. The van der Waals surface area contributed by atoms with Gasteiger partial charge in [0.2, 0.25) is 15.9 Å². The number of carbonyl (C=O) groups excluding carboxylic acids is 1. The Morgan fingerprint density at radius 2 is 1.64 bits per heavy atom. The summed E-state index contributed by atoms with van der Waals surface area (Å²) in [6.07, 6.45) is 1.98. The van der Waals surface area contributed by atoms with E-state index in [1.54, 1.807) is 12.1 Å². The van der Waals surface area contributed by atoms with Crippen LogP contribution in [0.1, 0.15) is 37.8 Å². The van der Waals surface area contributed by atoms with Crippen LogP contribution in [0.5, 0.6) is 0 Å². The van der Waals surface area contributed by atoms with E-state index in [-0.39, 0.29) is 17.9 Å². The summed E-state index contributed by atoms with van der Waals surface area (Å²) in [6, 6.07) is 17.5. The monoisotopic (exact) mass is 471 g/mol. The second kappa shape index (κ2) is 11.8. The van der Waals surface area contributed by atoms with Gasteiger partial charge in [0.25, 0.3) is 0 Å². The van der Waals surface area contributed by atoms with E-state index in [2.05, 4.69) is 36.2 Å². The highest BCUT2D eigenvalue weighted by Crippen LogP contribution is 2.24. The van der Waals surface area contributed by atoms with E-state index in [0.29, 0.717) is 37.4 Å². The highest BCUT2D eigenvalue weighted by atomic mass is 32.2. The number of rotatable bonds is 10. The molecule has 0 spiro atoms. The first-order valence-electron chi connectivity index (χ1n) is 12.0. The summed E-state index contributed by atoms with van der Waals surface area (Å²) in [5.41, 5.74) is 2.29. The number of hydrogen-bond acceptors (Lipinski definition) is 4. The van der Waals surface area contributed by atoms with Crippen molar-refractivity contribution in [3.8, 4) is 0 Å². The van der Waals surface area contributed by atoms with Crippen LogP contribution in [0.25, 0.3) is 0 Å².